The van der Waals surface area contributed by atoms with E-state index in [2.05, 4.69) is 4.74 Å². The molecule has 0 atom stereocenters. The van der Waals surface area contributed by atoms with Gasteiger partial charge in [0.2, 0.25) is 0 Å². The highest BCUT2D eigenvalue weighted by molar-refractivity contribution is 6.03. The summed E-state index contributed by atoms with van der Waals surface area (Å²) in [6, 6.07) is 8.42. The highest BCUT2D eigenvalue weighted by Gasteiger charge is 2.19. The van der Waals surface area contributed by atoms with Crippen LogP contribution in [0.4, 0.5) is 0 Å². The molecule has 0 unspecified atom stereocenters. The Morgan fingerprint density at radius 3 is 2.53 bits per heavy atom. The average Bonchev–Trinajstić information content (AvgIpc) is 2.45. The van der Waals surface area contributed by atoms with Gasteiger partial charge in [-0.2, -0.15) is 0 Å². The summed E-state index contributed by atoms with van der Waals surface area (Å²) in [6.07, 6.45) is 0. The van der Waals surface area contributed by atoms with Crippen molar-refractivity contribution >= 4 is 16.7 Å². The van der Waals surface area contributed by atoms with Crippen molar-refractivity contribution in [2.45, 2.75) is 0 Å². The molecule has 0 radical (unpaired) electrons. The quantitative estimate of drug-likeness (QED) is 0.676. The van der Waals surface area contributed by atoms with Crippen LogP contribution in [-0.4, -0.2) is 32.1 Å². The number of phenols is 1. The number of fused-ring (bicyclic) bond motifs is 1. The number of rotatable bonds is 4. The molecule has 1 N–H and O–H groups in total. The molecule has 2 rings (SSSR count). The molecule has 0 bridgehead atoms. The topological polar surface area (TPSA) is 65.0 Å². The van der Waals surface area contributed by atoms with Crippen LogP contribution < -0.4 is 4.74 Å². The largest absolute Gasteiger partial charge is 0.507 e. The summed E-state index contributed by atoms with van der Waals surface area (Å²) in [6.45, 7) is -0.00123. The van der Waals surface area contributed by atoms with Gasteiger partial charge in [0.05, 0.1) is 7.11 Å². The highest BCUT2D eigenvalue weighted by atomic mass is 16.7. The van der Waals surface area contributed by atoms with Gasteiger partial charge in [-0.15, -0.1) is 0 Å². The Morgan fingerprint density at radius 2 is 1.89 bits per heavy atom. The van der Waals surface area contributed by atoms with Gasteiger partial charge in [0.25, 0.3) is 0 Å². The molecular formula is C14H14O5. The number of methoxy groups -OCH3 is 2. The van der Waals surface area contributed by atoms with E-state index >= 15 is 0 Å². The number of carbonyl (C=O) groups is 1. The molecule has 0 saturated heterocycles. The van der Waals surface area contributed by atoms with Crippen molar-refractivity contribution in [2.24, 2.45) is 0 Å². The molecule has 2 aromatic carbocycles. The smallest absolute Gasteiger partial charge is 0.341 e. The van der Waals surface area contributed by atoms with Gasteiger partial charge < -0.3 is 19.3 Å². The first kappa shape index (κ1) is 13.2. The predicted molar refractivity (Wildman–Crippen MR) is 69.5 cm³/mol. The number of ether oxygens (including phenoxy) is 3. The van der Waals surface area contributed by atoms with E-state index in [4.69, 9.17) is 9.47 Å². The third kappa shape index (κ3) is 2.46. The van der Waals surface area contributed by atoms with Crippen LogP contribution in [0, 0.1) is 0 Å². The van der Waals surface area contributed by atoms with Crippen molar-refractivity contribution in [3.8, 4) is 11.5 Å². The van der Waals surface area contributed by atoms with Gasteiger partial charge in [0.1, 0.15) is 17.1 Å². The molecule has 0 fully saturated rings. The first-order valence-corrected chi connectivity index (χ1v) is 5.63. The van der Waals surface area contributed by atoms with Crippen LogP contribution in [0.5, 0.6) is 11.5 Å². The lowest BCUT2D eigenvalue weighted by molar-refractivity contribution is 0.0474. The molecule has 0 heterocycles. The van der Waals surface area contributed by atoms with Crippen LogP contribution in [0.25, 0.3) is 10.8 Å². The van der Waals surface area contributed by atoms with Crippen LogP contribution >= 0.6 is 0 Å². The number of carbonyl (C=O) groups excluding carboxylic acids is 1. The van der Waals surface area contributed by atoms with Crippen LogP contribution in [0.3, 0.4) is 0 Å². The summed E-state index contributed by atoms with van der Waals surface area (Å²) >= 11 is 0. The second-order valence-electron chi connectivity index (χ2n) is 3.86. The molecule has 2 aromatic rings. The van der Waals surface area contributed by atoms with E-state index in [0.29, 0.717) is 16.5 Å². The summed E-state index contributed by atoms with van der Waals surface area (Å²) in [5.41, 5.74) is 0.163. The minimum absolute atomic E-state index is 0.000710. The summed E-state index contributed by atoms with van der Waals surface area (Å²) in [5.74, 6) is -0.241. The van der Waals surface area contributed by atoms with E-state index < -0.39 is 5.97 Å². The summed E-state index contributed by atoms with van der Waals surface area (Å²) in [7, 11) is 2.76. The van der Waals surface area contributed by atoms with Crippen LogP contribution in [0.2, 0.25) is 0 Å². The number of benzene rings is 2. The molecule has 0 amide bonds. The minimum Gasteiger partial charge on any atom is -0.507 e. The fraction of sp³-hybridized carbons (Fsp3) is 0.214. The van der Waals surface area contributed by atoms with Gasteiger partial charge in [0, 0.05) is 17.9 Å². The monoisotopic (exact) mass is 262 g/mol. The zero-order valence-corrected chi connectivity index (χ0v) is 10.7. The van der Waals surface area contributed by atoms with Gasteiger partial charge in [-0.25, -0.2) is 4.79 Å². The molecule has 0 aliphatic heterocycles. The summed E-state index contributed by atoms with van der Waals surface area (Å²) < 4.78 is 15.0. The molecule has 100 valence electrons. The van der Waals surface area contributed by atoms with Gasteiger partial charge in [-0.3, -0.25) is 0 Å². The van der Waals surface area contributed by atoms with Crippen molar-refractivity contribution in [1.29, 1.82) is 0 Å². The van der Waals surface area contributed by atoms with Crippen LogP contribution in [0.15, 0.2) is 30.3 Å². The lowest BCUT2D eigenvalue weighted by atomic mass is 10.0. The van der Waals surface area contributed by atoms with E-state index in [0.717, 1.165) is 0 Å². The van der Waals surface area contributed by atoms with E-state index in [1.165, 1.54) is 20.3 Å². The van der Waals surface area contributed by atoms with Crippen molar-refractivity contribution in [1.82, 2.24) is 0 Å². The number of phenolic OH excluding ortho intramolecular Hbond substituents is 1. The lowest BCUT2D eigenvalue weighted by Gasteiger charge is -2.13. The van der Waals surface area contributed by atoms with E-state index in [-0.39, 0.29) is 18.1 Å². The molecular weight excluding hydrogens is 248 g/mol. The molecule has 0 spiro atoms. The maximum absolute atomic E-state index is 11.7. The molecule has 0 aliphatic carbocycles. The zero-order chi connectivity index (χ0) is 13.8. The molecule has 5 nitrogen and oxygen atoms in total. The second kappa shape index (κ2) is 5.58. The lowest BCUT2D eigenvalue weighted by Crippen LogP contribution is -2.08. The van der Waals surface area contributed by atoms with Gasteiger partial charge in [-0.05, 0) is 6.07 Å². The van der Waals surface area contributed by atoms with E-state index in [1.54, 1.807) is 24.3 Å². The maximum Gasteiger partial charge on any atom is 0.341 e. The third-order valence-electron chi connectivity index (χ3n) is 2.70. The summed E-state index contributed by atoms with van der Waals surface area (Å²) in [5, 5.41) is 11.2. The third-order valence-corrected chi connectivity index (χ3v) is 2.70. The SMILES string of the molecule is COCOc1c(C(=O)OC)cc(O)c2ccccc12. The van der Waals surface area contributed by atoms with Crippen molar-refractivity contribution in [2.75, 3.05) is 21.0 Å². The Labute approximate surface area is 110 Å². The van der Waals surface area contributed by atoms with Gasteiger partial charge >= 0.3 is 5.97 Å². The average molecular weight is 262 g/mol. The standard InChI is InChI=1S/C14H14O5/c1-17-8-19-13-10-6-4-3-5-9(10)12(15)7-11(13)14(16)18-2/h3-7,15H,8H2,1-2H3. The molecule has 19 heavy (non-hydrogen) atoms. The number of hydrogen-bond acceptors (Lipinski definition) is 5. The normalized spacial score (nSPS) is 10.4. The molecule has 0 aromatic heterocycles. The van der Waals surface area contributed by atoms with Gasteiger partial charge in [0.15, 0.2) is 6.79 Å². The van der Waals surface area contributed by atoms with Crippen LogP contribution in [-0.2, 0) is 9.47 Å². The van der Waals surface area contributed by atoms with E-state index in [1.807, 2.05) is 0 Å². The Bertz CT molecular complexity index is 606. The molecule has 0 aliphatic rings. The Balaban J connectivity index is 2.68. The summed E-state index contributed by atoms with van der Waals surface area (Å²) in [4.78, 5) is 11.7. The number of hydrogen-bond donors (Lipinski definition) is 1. The van der Waals surface area contributed by atoms with Crippen molar-refractivity contribution in [3.05, 3.63) is 35.9 Å². The number of esters is 1. The maximum atomic E-state index is 11.7. The molecule has 0 saturated carbocycles. The Hall–Kier alpha value is -2.27. The predicted octanol–water partition coefficient (Wildman–Crippen LogP) is 2.31. The first-order chi connectivity index (χ1) is 9.19. The van der Waals surface area contributed by atoms with Crippen molar-refractivity contribution < 1.29 is 24.1 Å². The van der Waals surface area contributed by atoms with Crippen LogP contribution in [0.1, 0.15) is 10.4 Å². The van der Waals surface area contributed by atoms with Crippen molar-refractivity contribution in [3.63, 3.8) is 0 Å². The highest BCUT2D eigenvalue weighted by Crippen LogP contribution is 2.36. The van der Waals surface area contributed by atoms with E-state index in [9.17, 15) is 9.90 Å². The van der Waals surface area contributed by atoms with Gasteiger partial charge in [-0.1, -0.05) is 24.3 Å². The zero-order valence-electron chi connectivity index (χ0n) is 10.7. The first-order valence-electron chi connectivity index (χ1n) is 5.63. The Kier molecular flexibility index (Phi) is 3.87. The number of aromatic hydroxyl groups is 1. The second-order valence-corrected chi connectivity index (χ2v) is 3.86. The Morgan fingerprint density at radius 1 is 1.21 bits per heavy atom. The molecule has 5 heteroatoms. The minimum atomic E-state index is -0.577. The fourth-order valence-corrected chi connectivity index (χ4v) is 1.86. The fourth-order valence-electron chi connectivity index (χ4n) is 1.86.